The molecule has 1 aliphatic rings. The van der Waals surface area contributed by atoms with Crippen LogP contribution in [-0.2, 0) is 9.53 Å². The van der Waals surface area contributed by atoms with E-state index in [2.05, 4.69) is 10.6 Å². The number of carbonyl (C=O) groups is 2. The number of methoxy groups -OCH3 is 1. The second-order valence-corrected chi connectivity index (χ2v) is 6.45. The number of primary amides is 1. The molecular weight excluding hydrogens is 358 g/mol. The highest BCUT2D eigenvalue weighted by atomic mass is 35.5. The number of nitrogens with two attached hydrogens (primary N) is 1. The van der Waals surface area contributed by atoms with Crippen molar-refractivity contribution in [2.24, 2.45) is 11.1 Å². The molecule has 1 aromatic rings. The van der Waals surface area contributed by atoms with Gasteiger partial charge in [-0.15, -0.1) is 12.4 Å². The van der Waals surface area contributed by atoms with Gasteiger partial charge in [0.05, 0.1) is 19.6 Å². The molecule has 1 heterocycles. The van der Waals surface area contributed by atoms with Crippen molar-refractivity contribution < 1.29 is 19.1 Å². The van der Waals surface area contributed by atoms with E-state index in [4.69, 9.17) is 15.2 Å². The third-order valence-corrected chi connectivity index (χ3v) is 4.51. The van der Waals surface area contributed by atoms with Crippen LogP contribution in [0.3, 0.4) is 0 Å². The lowest BCUT2D eigenvalue weighted by atomic mass is 9.79. The number of rotatable bonds is 9. The Morgan fingerprint density at radius 2 is 1.88 bits per heavy atom. The molecule has 0 aliphatic carbocycles. The number of nitrogens with one attached hydrogen (secondary N) is 2. The van der Waals surface area contributed by atoms with Gasteiger partial charge in [-0.25, -0.2) is 0 Å². The van der Waals surface area contributed by atoms with Crippen molar-refractivity contribution in [3.8, 4) is 5.75 Å². The number of carbonyl (C=O) groups excluding carboxylic acids is 2. The predicted molar refractivity (Wildman–Crippen MR) is 102 cm³/mol. The minimum Gasteiger partial charge on any atom is -0.493 e. The monoisotopic (exact) mass is 385 g/mol. The van der Waals surface area contributed by atoms with Crippen LogP contribution in [0.5, 0.6) is 5.75 Å². The number of halogens is 1. The molecule has 1 aromatic carbocycles. The molecule has 26 heavy (non-hydrogen) atoms. The zero-order valence-electron chi connectivity index (χ0n) is 15.1. The first-order valence-corrected chi connectivity index (χ1v) is 8.54. The van der Waals surface area contributed by atoms with Crippen LogP contribution in [0.15, 0.2) is 24.3 Å². The van der Waals surface area contributed by atoms with Crippen LogP contribution in [0.4, 0.5) is 0 Å². The van der Waals surface area contributed by atoms with E-state index in [-0.39, 0.29) is 36.8 Å². The largest absolute Gasteiger partial charge is 0.493 e. The standard InChI is InChI=1S/C18H27N3O4.ClH/c1-24-13-18(7-9-20-10-8-18)12-21-16(22)6-11-25-15-4-2-14(3-5-15)17(19)23;/h2-5,20H,6-13H2,1H3,(H2,19,23)(H,21,22);1H. The highest BCUT2D eigenvalue weighted by Gasteiger charge is 2.32. The molecule has 0 unspecified atom stereocenters. The van der Waals surface area contributed by atoms with Crippen molar-refractivity contribution >= 4 is 24.2 Å². The van der Waals surface area contributed by atoms with Gasteiger partial charge in [-0.05, 0) is 50.2 Å². The van der Waals surface area contributed by atoms with Gasteiger partial charge >= 0.3 is 0 Å². The Labute approximate surface area is 160 Å². The van der Waals surface area contributed by atoms with Gasteiger partial charge in [0, 0.05) is 24.6 Å². The Balaban J connectivity index is 0.00000338. The topological polar surface area (TPSA) is 103 Å². The third kappa shape index (κ3) is 6.82. The maximum absolute atomic E-state index is 12.1. The van der Waals surface area contributed by atoms with Crippen LogP contribution >= 0.6 is 12.4 Å². The Morgan fingerprint density at radius 1 is 1.23 bits per heavy atom. The van der Waals surface area contributed by atoms with Gasteiger partial charge in [0.15, 0.2) is 0 Å². The van der Waals surface area contributed by atoms with Gasteiger partial charge in [0.2, 0.25) is 11.8 Å². The first kappa shape index (κ1) is 22.2. The smallest absolute Gasteiger partial charge is 0.248 e. The van der Waals surface area contributed by atoms with Crippen LogP contribution in [0.2, 0.25) is 0 Å². The third-order valence-electron chi connectivity index (χ3n) is 4.51. The zero-order valence-corrected chi connectivity index (χ0v) is 15.9. The SMILES string of the molecule is COCC1(CNC(=O)CCOc2ccc(C(N)=O)cc2)CCNCC1.Cl. The maximum Gasteiger partial charge on any atom is 0.248 e. The molecule has 2 rings (SSSR count). The van der Waals surface area contributed by atoms with Gasteiger partial charge < -0.3 is 25.8 Å². The Kier molecular flexibility index (Phi) is 9.40. The van der Waals surface area contributed by atoms with Gasteiger partial charge in [-0.1, -0.05) is 0 Å². The maximum atomic E-state index is 12.1. The first-order valence-electron chi connectivity index (χ1n) is 8.54. The van der Waals surface area contributed by atoms with Crippen molar-refractivity contribution in [1.29, 1.82) is 0 Å². The van der Waals surface area contributed by atoms with E-state index in [0.29, 0.717) is 24.5 Å². The normalized spacial score (nSPS) is 15.6. The molecule has 1 saturated heterocycles. The molecule has 0 aromatic heterocycles. The van der Waals surface area contributed by atoms with E-state index in [0.717, 1.165) is 25.9 Å². The lowest BCUT2D eigenvalue weighted by Crippen LogP contribution is -2.47. The Hall–Kier alpha value is -1.83. The molecule has 146 valence electrons. The fourth-order valence-electron chi connectivity index (χ4n) is 2.99. The Bertz CT molecular complexity index is 569. The second-order valence-electron chi connectivity index (χ2n) is 6.45. The minimum absolute atomic E-state index is 0. The van der Waals surface area contributed by atoms with Crippen LogP contribution in [0.25, 0.3) is 0 Å². The molecule has 1 fully saturated rings. The summed E-state index contributed by atoms with van der Waals surface area (Å²) in [6, 6.07) is 6.54. The van der Waals surface area contributed by atoms with E-state index in [1.165, 1.54) is 0 Å². The summed E-state index contributed by atoms with van der Waals surface area (Å²) in [5.74, 6) is 0.0867. The van der Waals surface area contributed by atoms with Crippen molar-refractivity contribution in [2.75, 3.05) is 40.0 Å². The van der Waals surface area contributed by atoms with Crippen molar-refractivity contribution in [1.82, 2.24) is 10.6 Å². The number of ether oxygens (including phenoxy) is 2. The number of benzene rings is 1. The first-order chi connectivity index (χ1) is 12.0. The highest BCUT2D eigenvalue weighted by Crippen LogP contribution is 2.28. The van der Waals surface area contributed by atoms with Crippen LogP contribution < -0.4 is 21.1 Å². The molecular formula is C18H28ClN3O4. The number of piperidine rings is 1. The van der Waals surface area contributed by atoms with E-state index < -0.39 is 5.91 Å². The summed E-state index contributed by atoms with van der Waals surface area (Å²) >= 11 is 0. The van der Waals surface area contributed by atoms with Gasteiger partial charge in [0.1, 0.15) is 5.75 Å². The second kappa shape index (κ2) is 11.0. The van der Waals surface area contributed by atoms with Gasteiger partial charge in [0.25, 0.3) is 0 Å². The fraction of sp³-hybridized carbons (Fsp3) is 0.556. The molecule has 4 N–H and O–H groups in total. The number of amides is 2. The molecule has 8 heteroatoms. The lowest BCUT2D eigenvalue weighted by Gasteiger charge is -2.37. The summed E-state index contributed by atoms with van der Waals surface area (Å²) in [6.45, 7) is 3.44. The summed E-state index contributed by atoms with van der Waals surface area (Å²) in [6.07, 6.45) is 2.26. The van der Waals surface area contributed by atoms with Crippen LogP contribution in [0, 0.1) is 5.41 Å². The van der Waals surface area contributed by atoms with E-state index in [1.54, 1.807) is 31.4 Å². The highest BCUT2D eigenvalue weighted by molar-refractivity contribution is 5.92. The quantitative estimate of drug-likeness (QED) is 0.591. The average molecular weight is 386 g/mol. The molecule has 0 saturated carbocycles. The molecule has 7 nitrogen and oxygen atoms in total. The fourth-order valence-corrected chi connectivity index (χ4v) is 2.99. The minimum atomic E-state index is -0.478. The molecule has 0 radical (unpaired) electrons. The van der Waals surface area contributed by atoms with E-state index in [1.807, 2.05) is 0 Å². The molecule has 0 atom stereocenters. The van der Waals surface area contributed by atoms with Crippen molar-refractivity contribution in [3.05, 3.63) is 29.8 Å². The van der Waals surface area contributed by atoms with Crippen LogP contribution in [-0.4, -0.2) is 51.8 Å². The van der Waals surface area contributed by atoms with Gasteiger partial charge in [-0.3, -0.25) is 9.59 Å². The summed E-state index contributed by atoms with van der Waals surface area (Å²) in [5.41, 5.74) is 5.63. The van der Waals surface area contributed by atoms with E-state index in [9.17, 15) is 9.59 Å². The van der Waals surface area contributed by atoms with Gasteiger partial charge in [-0.2, -0.15) is 0 Å². The molecule has 2 amide bonds. The van der Waals surface area contributed by atoms with Crippen molar-refractivity contribution in [2.45, 2.75) is 19.3 Å². The van der Waals surface area contributed by atoms with Crippen molar-refractivity contribution in [3.63, 3.8) is 0 Å². The average Bonchev–Trinajstić information content (AvgIpc) is 2.62. The molecule has 1 aliphatic heterocycles. The summed E-state index contributed by atoms with van der Waals surface area (Å²) in [7, 11) is 1.70. The molecule has 0 bridgehead atoms. The molecule has 0 spiro atoms. The number of hydrogen-bond acceptors (Lipinski definition) is 5. The summed E-state index contributed by atoms with van der Waals surface area (Å²) in [4.78, 5) is 23.1. The summed E-state index contributed by atoms with van der Waals surface area (Å²) in [5, 5.41) is 6.33. The Morgan fingerprint density at radius 3 is 2.46 bits per heavy atom. The lowest BCUT2D eigenvalue weighted by molar-refractivity contribution is -0.122. The van der Waals surface area contributed by atoms with Crippen LogP contribution in [0.1, 0.15) is 29.6 Å². The number of hydrogen-bond donors (Lipinski definition) is 3. The zero-order chi connectivity index (χ0) is 18.1. The van der Waals surface area contributed by atoms with E-state index >= 15 is 0 Å². The predicted octanol–water partition coefficient (Wildman–Crippen LogP) is 1.11. The summed E-state index contributed by atoms with van der Waals surface area (Å²) < 4.78 is 10.9.